The molecule has 0 saturated carbocycles. The van der Waals surface area contributed by atoms with E-state index in [0.29, 0.717) is 0 Å². The maximum atomic E-state index is 3.82. The number of hydrogen-bond donors (Lipinski definition) is 0. The molecule has 46 valence electrons. The molecule has 0 fully saturated rings. The van der Waals surface area contributed by atoms with E-state index in [4.69, 9.17) is 0 Å². The summed E-state index contributed by atoms with van der Waals surface area (Å²) in [6.07, 6.45) is 0. The molecule has 4 radical (unpaired) electrons. The summed E-state index contributed by atoms with van der Waals surface area (Å²) < 4.78 is 7.64. The van der Waals surface area contributed by atoms with Gasteiger partial charge in [-0.2, -0.15) is 0 Å². The van der Waals surface area contributed by atoms with Gasteiger partial charge in [0.15, 0.2) is 20.1 Å². The van der Waals surface area contributed by atoms with Crippen molar-refractivity contribution in [1.29, 1.82) is 0 Å². The highest BCUT2D eigenvalue weighted by Gasteiger charge is 1.91. The molecule has 1 aromatic carbocycles. The Morgan fingerprint density at radius 3 is 1.60 bits per heavy atom. The van der Waals surface area contributed by atoms with E-state index in [0.717, 1.165) is 11.4 Å². The lowest BCUT2D eigenvalue weighted by Gasteiger charge is -1.95. The Hall–Kier alpha value is -0.746. The Balaban J connectivity index is 3.20. The standard InChI is InChI=1S/C6H4N2Si2/c9-7-5-3-1-2-4-6(5)8-10/h1-4H. The van der Waals surface area contributed by atoms with Crippen molar-refractivity contribution in [2.75, 3.05) is 0 Å². The van der Waals surface area contributed by atoms with Crippen LogP contribution in [0.4, 0.5) is 11.4 Å². The van der Waals surface area contributed by atoms with Gasteiger partial charge in [0.05, 0.1) is 11.4 Å². The predicted octanol–water partition coefficient (Wildman–Crippen LogP) is 1.65. The fourth-order valence-corrected chi connectivity index (χ4v) is 1.03. The number of nitrogens with zero attached hydrogens (tertiary/aromatic N) is 2. The fraction of sp³-hybridized carbons (Fsp3) is 0. The first-order valence-corrected chi connectivity index (χ1v) is 3.62. The Morgan fingerprint density at radius 2 is 1.30 bits per heavy atom. The van der Waals surface area contributed by atoms with E-state index in [1.807, 2.05) is 24.3 Å². The summed E-state index contributed by atoms with van der Waals surface area (Å²) >= 11 is 0. The van der Waals surface area contributed by atoms with Crippen LogP contribution >= 0.6 is 0 Å². The molecule has 0 amide bonds. The lowest BCUT2D eigenvalue weighted by molar-refractivity contribution is 1.49. The van der Waals surface area contributed by atoms with Crippen molar-refractivity contribution in [2.24, 2.45) is 9.27 Å². The summed E-state index contributed by atoms with van der Waals surface area (Å²) in [5, 5.41) is 0. The maximum Gasteiger partial charge on any atom is 0.189 e. The summed E-state index contributed by atoms with van der Waals surface area (Å²) in [7, 11) is 6.08. The normalized spacial score (nSPS) is 8.80. The second-order valence-electron chi connectivity index (χ2n) is 1.71. The number of hydrogen-bond acceptors (Lipinski definition) is 2. The van der Waals surface area contributed by atoms with E-state index < -0.39 is 0 Å². The molecule has 0 unspecified atom stereocenters. The molecular weight excluding hydrogens is 156 g/mol. The van der Waals surface area contributed by atoms with Crippen molar-refractivity contribution in [3.8, 4) is 0 Å². The minimum absolute atomic E-state index is 0.814. The zero-order valence-electron chi connectivity index (χ0n) is 5.20. The third-order valence-electron chi connectivity index (χ3n) is 1.12. The summed E-state index contributed by atoms with van der Waals surface area (Å²) in [6, 6.07) is 7.54. The molecule has 0 aliphatic heterocycles. The molecule has 4 heteroatoms. The van der Waals surface area contributed by atoms with Crippen LogP contribution in [-0.2, 0) is 0 Å². The van der Waals surface area contributed by atoms with Crippen LogP contribution in [0, 0.1) is 0 Å². The molecule has 1 rings (SSSR count). The van der Waals surface area contributed by atoms with Crippen LogP contribution in [-0.4, -0.2) is 20.1 Å². The van der Waals surface area contributed by atoms with Gasteiger partial charge in [-0.3, -0.25) is 9.27 Å². The quantitative estimate of drug-likeness (QED) is 0.588. The zero-order chi connectivity index (χ0) is 7.40. The van der Waals surface area contributed by atoms with Crippen molar-refractivity contribution < 1.29 is 0 Å². The summed E-state index contributed by atoms with van der Waals surface area (Å²) in [4.78, 5) is 0. The lowest BCUT2D eigenvalue weighted by Crippen LogP contribution is -1.64. The zero-order valence-corrected chi connectivity index (χ0v) is 7.20. The van der Waals surface area contributed by atoms with Gasteiger partial charge in [0.2, 0.25) is 0 Å². The largest absolute Gasteiger partial charge is 0.296 e. The van der Waals surface area contributed by atoms with E-state index in [1.54, 1.807) is 0 Å². The third-order valence-corrected chi connectivity index (χ3v) is 1.60. The highest BCUT2D eigenvalue weighted by molar-refractivity contribution is 5.98. The predicted molar refractivity (Wildman–Crippen MR) is 42.1 cm³/mol. The number of benzene rings is 1. The minimum Gasteiger partial charge on any atom is -0.296 e. The van der Waals surface area contributed by atoms with Crippen molar-refractivity contribution in [3.63, 3.8) is 0 Å². The highest BCUT2D eigenvalue weighted by atomic mass is 28.1. The molecule has 0 saturated heterocycles. The van der Waals surface area contributed by atoms with Crippen LogP contribution < -0.4 is 0 Å². The highest BCUT2D eigenvalue weighted by Crippen LogP contribution is 2.25. The van der Waals surface area contributed by atoms with Gasteiger partial charge in [0.1, 0.15) is 0 Å². The second kappa shape index (κ2) is 3.43. The van der Waals surface area contributed by atoms with E-state index in [-0.39, 0.29) is 0 Å². The SMILES string of the molecule is [Si]=Nc1ccccc1N=[Si]. The van der Waals surface area contributed by atoms with E-state index in [1.165, 1.54) is 0 Å². The van der Waals surface area contributed by atoms with Crippen LogP contribution in [0.1, 0.15) is 0 Å². The molecule has 0 atom stereocenters. The maximum absolute atomic E-state index is 3.82. The van der Waals surface area contributed by atoms with Gasteiger partial charge in [-0.1, -0.05) is 12.1 Å². The van der Waals surface area contributed by atoms with Gasteiger partial charge in [0.25, 0.3) is 0 Å². The molecule has 0 heterocycles. The number of rotatable bonds is 2. The Bertz CT molecular complexity index is 233. The Morgan fingerprint density at radius 1 is 0.900 bits per heavy atom. The molecule has 0 bridgehead atoms. The molecule has 0 aliphatic carbocycles. The summed E-state index contributed by atoms with van der Waals surface area (Å²) in [5.41, 5.74) is 1.63. The fourth-order valence-electron chi connectivity index (χ4n) is 0.653. The first kappa shape index (κ1) is 7.36. The van der Waals surface area contributed by atoms with Gasteiger partial charge in [-0.15, -0.1) is 0 Å². The lowest BCUT2D eigenvalue weighted by atomic mass is 10.3. The van der Waals surface area contributed by atoms with Gasteiger partial charge < -0.3 is 0 Å². The van der Waals surface area contributed by atoms with E-state index >= 15 is 0 Å². The smallest absolute Gasteiger partial charge is 0.189 e. The molecule has 0 spiro atoms. The van der Waals surface area contributed by atoms with Crippen LogP contribution in [0.2, 0.25) is 0 Å². The molecule has 0 aromatic heterocycles. The van der Waals surface area contributed by atoms with E-state index in [9.17, 15) is 0 Å². The van der Waals surface area contributed by atoms with Gasteiger partial charge >= 0.3 is 0 Å². The van der Waals surface area contributed by atoms with Gasteiger partial charge in [-0.05, 0) is 12.1 Å². The first-order chi connectivity index (χ1) is 4.88. The minimum atomic E-state index is 0.814. The Labute approximate surface area is 65.6 Å². The Kier molecular flexibility index (Phi) is 2.52. The van der Waals surface area contributed by atoms with E-state index in [2.05, 4.69) is 29.3 Å². The van der Waals surface area contributed by atoms with Crippen LogP contribution in [0.5, 0.6) is 0 Å². The molecule has 0 N–H and O–H groups in total. The average Bonchev–Trinajstić information content (AvgIpc) is 2.04. The monoisotopic (exact) mass is 160 g/mol. The van der Waals surface area contributed by atoms with Gasteiger partial charge in [-0.25, -0.2) is 0 Å². The van der Waals surface area contributed by atoms with Crippen molar-refractivity contribution >= 4 is 31.4 Å². The summed E-state index contributed by atoms with van der Waals surface area (Å²) in [5.74, 6) is 0. The molecule has 0 aliphatic rings. The molecule has 2 nitrogen and oxygen atoms in total. The van der Waals surface area contributed by atoms with Crippen LogP contribution in [0.25, 0.3) is 0 Å². The topological polar surface area (TPSA) is 24.7 Å². The van der Waals surface area contributed by atoms with Crippen LogP contribution in [0.3, 0.4) is 0 Å². The first-order valence-electron chi connectivity index (χ1n) is 2.72. The van der Waals surface area contributed by atoms with Crippen molar-refractivity contribution in [3.05, 3.63) is 24.3 Å². The van der Waals surface area contributed by atoms with Crippen molar-refractivity contribution in [2.45, 2.75) is 0 Å². The molecule has 10 heavy (non-hydrogen) atoms. The summed E-state index contributed by atoms with van der Waals surface area (Å²) in [6.45, 7) is 0. The van der Waals surface area contributed by atoms with Crippen LogP contribution in [0.15, 0.2) is 33.5 Å². The third kappa shape index (κ3) is 1.40. The molecular formula is C6H4N2Si2. The molecule has 1 aromatic rings. The van der Waals surface area contributed by atoms with Crippen molar-refractivity contribution in [1.82, 2.24) is 0 Å². The van der Waals surface area contributed by atoms with Gasteiger partial charge in [0, 0.05) is 0 Å². The second-order valence-corrected chi connectivity index (χ2v) is 2.16. The average molecular weight is 160 g/mol.